The van der Waals surface area contributed by atoms with Gasteiger partial charge in [0.2, 0.25) is 5.91 Å². The summed E-state index contributed by atoms with van der Waals surface area (Å²) in [7, 11) is -10.0. The fraction of sp³-hybridized carbons (Fsp3) is 0.533. The molecule has 1 saturated heterocycles. The van der Waals surface area contributed by atoms with Gasteiger partial charge < -0.3 is 44.0 Å². The lowest BCUT2D eigenvalue weighted by Crippen LogP contribution is -2.33. The van der Waals surface area contributed by atoms with Gasteiger partial charge in [0.15, 0.2) is 0 Å². The standard InChI is InChI=1S/C15H24N4O12P2/c1-2-28-33(26,27)29-7-11-10(31-32(23,24)25)5-13(30-11)19-6-9(14(21)18-15(19)22)3-4-12(20)17-8-16/h3-4,6,10-11,13H,2,5,7-8,16H2,1H3,(H,17,20)(H,26,27)(H,18,21,22)(H2,23,24,25)/p-2/b4-3+. The second kappa shape index (κ2) is 11.4. The van der Waals surface area contributed by atoms with Crippen molar-refractivity contribution in [2.45, 2.75) is 31.8 Å². The number of carbonyl (C=O) groups is 1. The van der Waals surface area contributed by atoms with Gasteiger partial charge in [-0.1, -0.05) is 0 Å². The van der Waals surface area contributed by atoms with Crippen LogP contribution >= 0.6 is 15.6 Å². The number of hydrogen-bond donors (Lipinski definition) is 4. The van der Waals surface area contributed by atoms with Crippen molar-refractivity contribution < 1.29 is 46.9 Å². The quantitative estimate of drug-likeness (QED) is 0.133. The first-order valence-corrected chi connectivity index (χ1v) is 12.3. The van der Waals surface area contributed by atoms with E-state index in [0.717, 1.165) is 22.9 Å². The molecule has 1 aliphatic rings. The third-order valence-corrected chi connectivity index (χ3v) is 5.71. The number of nitrogens with one attached hydrogen (secondary N) is 2. The SMILES string of the molecule is CCOP(=O)([O-])OCC1OC(n2cc(/C=C/C(=O)NCN)c(=O)[nH]c2=O)CC1OP(=O)([O-])O. The van der Waals surface area contributed by atoms with E-state index < -0.39 is 57.8 Å². The predicted octanol–water partition coefficient (Wildman–Crippen LogP) is -2.76. The minimum absolute atomic E-state index is 0.139. The lowest BCUT2D eigenvalue weighted by molar-refractivity contribution is -0.230. The molecule has 2 heterocycles. The Labute approximate surface area is 186 Å². The number of hydrogen-bond acceptors (Lipinski definition) is 12. The number of phosphoric acid groups is 2. The average Bonchev–Trinajstić information content (AvgIpc) is 3.06. The Morgan fingerprint density at radius 2 is 2.12 bits per heavy atom. The number of phosphoric ester groups is 2. The minimum Gasteiger partial charge on any atom is -0.756 e. The summed E-state index contributed by atoms with van der Waals surface area (Å²) in [5.41, 5.74) is 3.25. The van der Waals surface area contributed by atoms with Gasteiger partial charge >= 0.3 is 5.69 Å². The molecule has 1 aromatic rings. The van der Waals surface area contributed by atoms with Crippen molar-refractivity contribution in [2.75, 3.05) is 19.9 Å². The number of rotatable bonds is 11. The van der Waals surface area contributed by atoms with Crippen LogP contribution in [0.25, 0.3) is 6.08 Å². The molecule has 18 heteroatoms. The maximum Gasteiger partial charge on any atom is 0.330 e. The Morgan fingerprint density at radius 3 is 2.73 bits per heavy atom. The van der Waals surface area contributed by atoms with E-state index in [4.69, 9.17) is 15.4 Å². The minimum atomic E-state index is -5.28. The smallest absolute Gasteiger partial charge is 0.330 e. The summed E-state index contributed by atoms with van der Waals surface area (Å²) in [6.07, 6.45) is -1.32. The normalized spacial score (nSPS) is 24.5. The van der Waals surface area contributed by atoms with Gasteiger partial charge in [-0.05, 0) is 13.0 Å². The van der Waals surface area contributed by atoms with Gasteiger partial charge in [0, 0.05) is 18.7 Å². The number of amides is 1. The molecule has 33 heavy (non-hydrogen) atoms. The first-order valence-electron chi connectivity index (χ1n) is 9.34. The maximum absolute atomic E-state index is 12.3. The monoisotopic (exact) mass is 512 g/mol. The van der Waals surface area contributed by atoms with E-state index in [1.165, 1.54) is 6.92 Å². The van der Waals surface area contributed by atoms with Gasteiger partial charge in [-0.3, -0.25) is 28.3 Å². The van der Waals surface area contributed by atoms with E-state index in [9.17, 15) is 33.3 Å². The summed E-state index contributed by atoms with van der Waals surface area (Å²) in [4.78, 5) is 69.6. The van der Waals surface area contributed by atoms with Crippen LogP contribution in [0.2, 0.25) is 0 Å². The molecule has 0 radical (unpaired) electrons. The molecule has 5 unspecified atom stereocenters. The highest BCUT2D eigenvalue weighted by Gasteiger charge is 2.40. The van der Waals surface area contributed by atoms with Crippen LogP contribution in [0.15, 0.2) is 21.9 Å². The molecule has 0 spiro atoms. The summed E-state index contributed by atoms with van der Waals surface area (Å²) in [6.45, 7) is 0.281. The van der Waals surface area contributed by atoms with Crippen molar-refractivity contribution in [2.24, 2.45) is 5.73 Å². The molecular weight excluding hydrogens is 490 g/mol. The summed E-state index contributed by atoms with van der Waals surface area (Å²) >= 11 is 0. The van der Waals surface area contributed by atoms with Crippen LogP contribution in [-0.4, -0.2) is 52.4 Å². The Bertz CT molecular complexity index is 1080. The van der Waals surface area contributed by atoms with E-state index in [1.807, 2.05) is 4.98 Å². The molecule has 0 bridgehead atoms. The summed E-state index contributed by atoms with van der Waals surface area (Å²) in [5, 5.41) is 2.26. The van der Waals surface area contributed by atoms with Crippen LogP contribution in [-0.2, 0) is 32.2 Å². The summed E-state index contributed by atoms with van der Waals surface area (Å²) < 4.78 is 42.8. The molecule has 5 N–H and O–H groups in total. The van der Waals surface area contributed by atoms with E-state index in [0.29, 0.717) is 0 Å². The van der Waals surface area contributed by atoms with Crippen LogP contribution in [0.1, 0.15) is 25.1 Å². The van der Waals surface area contributed by atoms with Crippen molar-refractivity contribution >= 4 is 27.6 Å². The Kier molecular flexibility index (Phi) is 9.46. The van der Waals surface area contributed by atoms with E-state index >= 15 is 0 Å². The molecule has 0 aliphatic carbocycles. The lowest BCUT2D eigenvalue weighted by atomic mass is 10.2. The maximum atomic E-state index is 12.3. The van der Waals surface area contributed by atoms with Crippen molar-refractivity contribution in [1.29, 1.82) is 0 Å². The zero-order valence-electron chi connectivity index (χ0n) is 17.1. The third kappa shape index (κ3) is 8.39. The second-order valence-electron chi connectivity index (χ2n) is 6.47. The van der Waals surface area contributed by atoms with Crippen molar-refractivity contribution in [3.63, 3.8) is 0 Å². The molecule has 1 aliphatic heterocycles. The topological polar surface area (TPSA) is 247 Å². The van der Waals surface area contributed by atoms with Gasteiger partial charge in [-0.2, -0.15) is 0 Å². The van der Waals surface area contributed by atoms with Gasteiger partial charge in [0.25, 0.3) is 21.2 Å². The van der Waals surface area contributed by atoms with E-state index in [1.54, 1.807) is 0 Å². The molecule has 16 nitrogen and oxygen atoms in total. The van der Waals surface area contributed by atoms with Gasteiger partial charge in [0.1, 0.15) is 12.3 Å². The Morgan fingerprint density at radius 1 is 1.42 bits per heavy atom. The second-order valence-corrected chi connectivity index (χ2v) is 9.03. The highest BCUT2D eigenvalue weighted by Crippen LogP contribution is 2.43. The molecule has 0 aromatic carbocycles. The van der Waals surface area contributed by atoms with E-state index in [-0.39, 0.29) is 25.3 Å². The van der Waals surface area contributed by atoms with Crippen LogP contribution in [0.5, 0.6) is 0 Å². The average molecular weight is 512 g/mol. The van der Waals surface area contributed by atoms with Crippen LogP contribution in [0, 0.1) is 0 Å². The van der Waals surface area contributed by atoms with Crippen LogP contribution in [0.3, 0.4) is 0 Å². The Balaban J connectivity index is 2.30. The number of aromatic nitrogens is 2. The number of nitrogens with two attached hydrogens (primary N) is 1. The first-order chi connectivity index (χ1) is 15.3. The van der Waals surface area contributed by atoms with Gasteiger partial charge in [-0.15, -0.1) is 0 Å². The number of carbonyl (C=O) groups excluding carboxylic acids is 1. The molecular formula is C15H22N4O12P2-2. The van der Waals surface area contributed by atoms with Crippen molar-refractivity contribution in [3.8, 4) is 0 Å². The summed E-state index contributed by atoms with van der Waals surface area (Å²) in [6, 6.07) is 0. The number of nitrogens with zero attached hydrogens (tertiary/aromatic N) is 1. The van der Waals surface area contributed by atoms with E-state index in [2.05, 4.69) is 18.9 Å². The molecule has 1 aromatic heterocycles. The summed E-state index contributed by atoms with van der Waals surface area (Å²) in [5.74, 6) is -0.608. The van der Waals surface area contributed by atoms with Crippen LogP contribution < -0.4 is 32.1 Å². The zero-order valence-corrected chi connectivity index (χ0v) is 18.9. The molecule has 1 fully saturated rings. The fourth-order valence-corrected chi connectivity index (χ4v) is 4.11. The molecule has 0 saturated carbocycles. The number of aromatic amines is 1. The van der Waals surface area contributed by atoms with Gasteiger partial charge in [0.05, 0.1) is 31.5 Å². The van der Waals surface area contributed by atoms with Crippen LogP contribution in [0.4, 0.5) is 0 Å². The molecule has 2 rings (SSSR count). The Hall–Kier alpha value is -1.97. The van der Waals surface area contributed by atoms with Gasteiger partial charge in [-0.25, -0.2) is 4.79 Å². The largest absolute Gasteiger partial charge is 0.756 e. The molecule has 1 amide bonds. The fourth-order valence-electron chi connectivity index (χ4n) is 2.82. The number of ether oxygens (including phenoxy) is 1. The van der Waals surface area contributed by atoms with Crippen molar-refractivity contribution in [3.05, 3.63) is 38.7 Å². The molecule has 5 atom stereocenters. The predicted molar refractivity (Wildman–Crippen MR) is 106 cm³/mol. The number of H-pyrrole nitrogens is 1. The van der Waals surface area contributed by atoms with Crippen molar-refractivity contribution in [1.82, 2.24) is 14.9 Å². The lowest BCUT2D eigenvalue weighted by Gasteiger charge is -2.27. The third-order valence-electron chi connectivity index (χ3n) is 4.13. The highest BCUT2D eigenvalue weighted by molar-refractivity contribution is 7.45. The highest BCUT2D eigenvalue weighted by atomic mass is 31.2. The zero-order chi connectivity index (χ0) is 24.8. The molecule has 186 valence electrons. The first kappa shape index (κ1) is 27.3.